The molecule has 90 heavy (non-hydrogen) atoms. The highest BCUT2D eigenvalue weighted by atomic mass is 19.4. The van der Waals surface area contributed by atoms with E-state index in [2.05, 4.69) is 21.3 Å². The third-order valence-corrected chi connectivity index (χ3v) is 18.2. The number of alkyl halides is 3. The van der Waals surface area contributed by atoms with Crippen molar-refractivity contribution >= 4 is 65.0 Å². The highest BCUT2D eigenvalue weighted by molar-refractivity contribution is 5.99. The van der Waals surface area contributed by atoms with E-state index in [4.69, 9.17) is 0 Å². The Labute approximate surface area is 529 Å². The molecule has 1 aromatic rings. The van der Waals surface area contributed by atoms with E-state index in [1.807, 2.05) is 20.8 Å². The van der Waals surface area contributed by atoms with Gasteiger partial charge in [-0.2, -0.15) is 13.2 Å². The zero-order chi connectivity index (χ0) is 67.9. The van der Waals surface area contributed by atoms with Gasteiger partial charge in [-0.3, -0.25) is 52.7 Å². The third kappa shape index (κ3) is 20.8. The molecule has 0 aromatic heterocycles. The van der Waals surface area contributed by atoms with E-state index >= 15 is 0 Å². The number of hydrogen-bond donors (Lipinski definition) is 4. The number of nitrogens with one attached hydrogen (secondary N) is 4. The largest absolute Gasteiger partial charge is 0.419 e. The van der Waals surface area contributed by atoms with Crippen LogP contribution in [0.4, 0.5) is 17.6 Å². The van der Waals surface area contributed by atoms with Crippen molar-refractivity contribution in [3.8, 4) is 0 Å². The lowest BCUT2D eigenvalue weighted by Gasteiger charge is -2.39. The molecule has 8 atom stereocenters. The summed E-state index contributed by atoms with van der Waals surface area (Å²) >= 11 is 0. The summed E-state index contributed by atoms with van der Waals surface area (Å²) in [5.41, 5.74) is -3.18. The number of piperidine rings is 1. The standard InChI is InChI=1S/C64H101F4N11O11/c1-16-40(6)55-61(89)75(12)36-53(82)73(10)37-54(83)77(14)50(34-42-22-18-17-19-23-42)60(88)74(11)35-51(80)69-46(28-26-43-25-27-44(45(65)33-43)64(66,67)68)56(84)70-48(31-39(4)5)59(87)78(15)63(8,9)62(90)71-47(30-38(2)3)58(86)76(13)41(7)32-52(81)79-29-21-20-24-49(79)57(85)72-55/h25,27,33,38-42,46-50,55H,16-24,26,28-32,34-37H2,1-15H3,(H,69,80)(H,70,84)(H,71,90)(H,72,85)/t40-,41+,46-,47-,48-,49?,50-,55-/m0/s1. The number of amides is 11. The Hall–Kier alpha value is -6.89. The summed E-state index contributed by atoms with van der Waals surface area (Å²) in [5, 5.41) is 11.1. The van der Waals surface area contributed by atoms with Crippen LogP contribution in [0.15, 0.2) is 18.2 Å². The van der Waals surface area contributed by atoms with Crippen molar-refractivity contribution in [3.05, 3.63) is 35.1 Å². The van der Waals surface area contributed by atoms with Crippen LogP contribution >= 0.6 is 0 Å². The maximum absolute atomic E-state index is 14.9. The summed E-state index contributed by atoms with van der Waals surface area (Å²) in [7, 11) is 8.36. The quantitative estimate of drug-likeness (QED) is 0.217. The first kappa shape index (κ1) is 75.6. The van der Waals surface area contributed by atoms with Gasteiger partial charge in [0, 0.05) is 61.3 Å². The zero-order valence-corrected chi connectivity index (χ0v) is 55.7. The molecular formula is C64H101F4N11O11. The molecule has 2 aliphatic heterocycles. The van der Waals surface area contributed by atoms with Crippen molar-refractivity contribution < 1.29 is 70.3 Å². The normalized spacial score (nSPS) is 25.7. The van der Waals surface area contributed by atoms with Gasteiger partial charge in [0.25, 0.3) is 0 Å². The molecular weight excluding hydrogens is 1170 g/mol. The fourth-order valence-corrected chi connectivity index (χ4v) is 11.7. The van der Waals surface area contributed by atoms with Crippen LogP contribution in [-0.4, -0.2) is 216 Å². The lowest BCUT2D eigenvalue weighted by Crippen LogP contribution is -2.63. The Bertz CT molecular complexity index is 2720. The van der Waals surface area contributed by atoms with Crippen LogP contribution in [0.1, 0.15) is 163 Å². The summed E-state index contributed by atoms with van der Waals surface area (Å²) < 4.78 is 55.7. The van der Waals surface area contributed by atoms with Crippen LogP contribution in [0, 0.1) is 29.5 Å². The topological polar surface area (TPSA) is 259 Å². The summed E-state index contributed by atoms with van der Waals surface area (Å²) in [4.78, 5) is 167. The molecule has 4 N–H and O–H groups in total. The summed E-state index contributed by atoms with van der Waals surface area (Å²) in [6.07, 6.45) is 0.779. The molecule has 1 aliphatic carbocycles. The number of carbonyl (C=O) groups excluding carboxylic acids is 11. The minimum absolute atomic E-state index is 0.00121. The van der Waals surface area contributed by atoms with E-state index in [9.17, 15) is 70.3 Å². The van der Waals surface area contributed by atoms with Gasteiger partial charge < -0.3 is 55.6 Å². The second kappa shape index (κ2) is 33.4. The molecule has 0 radical (unpaired) electrons. The predicted octanol–water partition coefficient (Wildman–Crippen LogP) is 4.90. The van der Waals surface area contributed by atoms with Crippen LogP contribution in [0.3, 0.4) is 0 Å². The second-order valence-electron chi connectivity index (χ2n) is 26.6. The number of hydrogen-bond acceptors (Lipinski definition) is 11. The Morgan fingerprint density at radius 3 is 1.78 bits per heavy atom. The van der Waals surface area contributed by atoms with Crippen molar-refractivity contribution in [2.75, 3.05) is 68.5 Å². The first-order valence-electron chi connectivity index (χ1n) is 31.8. The summed E-state index contributed by atoms with van der Waals surface area (Å²) in [5.74, 6) is -9.75. The first-order valence-corrected chi connectivity index (χ1v) is 31.8. The Morgan fingerprint density at radius 1 is 0.622 bits per heavy atom. The number of rotatable bonds is 11. The van der Waals surface area contributed by atoms with Gasteiger partial charge in [0.05, 0.1) is 25.2 Å². The van der Waals surface area contributed by atoms with E-state index in [0.29, 0.717) is 37.8 Å². The number of fused-ring (bicyclic) bond motifs is 1. The van der Waals surface area contributed by atoms with Crippen molar-refractivity contribution in [1.29, 1.82) is 0 Å². The molecule has 3 aliphatic rings. The molecule has 1 unspecified atom stereocenters. The van der Waals surface area contributed by atoms with Gasteiger partial charge in [0.1, 0.15) is 47.6 Å². The van der Waals surface area contributed by atoms with E-state index in [1.165, 1.54) is 70.8 Å². The van der Waals surface area contributed by atoms with Crippen LogP contribution in [0.5, 0.6) is 0 Å². The van der Waals surface area contributed by atoms with E-state index < -0.39 is 156 Å². The maximum atomic E-state index is 14.9. The lowest BCUT2D eigenvalue weighted by atomic mass is 9.84. The minimum Gasteiger partial charge on any atom is -0.343 e. The van der Waals surface area contributed by atoms with Gasteiger partial charge in [-0.05, 0) is 114 Å². The number of halogens is 4. The van der Waals surface area contributed by atoms with E-state index in [0.717, 1.165) is 57.8 Å². The Kier molecular flexibility index (Phi) is 28.1. The van der Waals surface area contributed by atoms with E-state index in [1.54, 1.807) is 27.7 Å². The SMILES string of the molecule is CC[C@H](C)[C@@H]1NC(=O)C2CCCCN2C(=O)C[C@@H](C)N(C)C(=O)[C@H](CC(C)C)NC(=O)C(C)(C)N(C)C(=O)[C@H](CC(C)C)NC(=O)[C@H](CCc2ccc(C(F)(F)F)c(F)c2)NC(=O)CN(C)C(=O)[C@H](CC2CCCCC2)N(C)C(=O)CN(C)C(=O)CN(C)C1=O. The van der Waals surface area contributed by atoms with Crippen molar-refractivity contribution in [1.82, 2.24) is 55.6 Å². The monoisotopic (exact) mass is 1280 g/mol. The Morgan fingerprint density at radius 2 is 1.20 bits per heavy atom. The smallest absolute Gasteiger partial charge is 0.343 e. The molecule has 2 saturated heterocycles. The molecule has 26 heteroatoms. The van der Waals surface area contributed by atoms with Gasteiger partial charge in [0.15, 0.2) is 0 Å². The van der Waals surface area contributed by atoms with Gasteiger partial charge in [-0.1, -0.05) is 86.1 Å². The van der Waals surface area contributed by atoms with Crippen molar-refractivity contribution in [3.63, 3.8) is 0 Å². The fourth-order valence-electron chi connectivity index (χ4n) is 11.7. The molecule has 3 fully saturated rings. The molecule has 2 heterocycles. The number of benzene rings is 1. The van der Waals surface area contributed by atoms with Crippen LogP contribution in [0.25, 0.3) is 0 Å². The molecule has 4 rings (SSSR count). The van der Waals surface area contributed by atoms with Gasteiger partial charge in [0.2, 0.25) is 65.0 Å². The van der Waals surface area contributed by atoms with Gasteiger partial charge in [-0.15, -0.1) is 0 Å². The molecule has 1 aromatic carbocycles. The number of likely N-dealkylation sites (N-methyl/N-ethyl adjacent to an activating group) is 6. The van der Waals surface area contributed by atoms with E-state index in [-0.39, 0.29) is 68.4 Å². The summed E-state index contributed by atoms with van der Waals surface area (Å²) in [6, 6.07) is -5.78. The highest BCUT2D eigenvalue weighted by Gasteiger charge is 2.44. The van der Waals surface area contributed by atoms with Crippen LogP contribution in [-0.2, 0) is 65.3 Å². The fraction of sp³-hybridized carbons (Fsp3) is 0.734. The average Bonchev–Trinajstić information content (AvgIpc) is 0.953. The number of nitrogens with zero attached hydrogens (tertiary/aromatic N) is 7. The average molecular weight is 1280 g/mol. The van der Waals surface area contributed by atoms with Crippen LogP contribution < -0.4 is 21.3 Å². The van der Waals surface area contributed by atoms with Gasteiger partial charge in [-0.25, -0.2) is 4.39 Å². The third-order valence-electron chi connectivity index (χ3n) is 18.2. The van der Waals surface area contributed by atoms with Crippen molar-refractivity contribution in [2.45, 2.75) is 213 Å². The summed E-state index contributed by atoms with van der Waals surface area (Å²) in [6.45, 7) is 14.0. The second-order valence-corrected chi connectivity index (χ2v) is 26.6. The van der Waals surface area contributed by atoms with Gasteiger partial charge >= 0.3 is 6.18 Å². The van der Waals surface area contributed by atoms with Crippen LogP contribution in [0.2, 0.25) is 0 Å². The molecule has 0 bridgehead atoms. The molecule has 22 nitrogen and oxygen atoms in total. The first-order chi connectivity index (χ1) is 41.9. The highest BCUT2D eigenvalue weighted by Crippen LogP contribution is 2.33. The number of carbonyl (C=O) groups is 11. The number of aryl methyl sites for hydroxylation is 1. The molecule has 506 valence electrons. The molecule has 11 amide bonds. The Balaban J connectivity index is 1.80. The zero-order valence-electron chi connectivity index (χ0n) is 55.7. The van der Waals surface area contributed by atoms with Crippen molar-refractivity contribution in [2.24, 2.45) is 23.7 Å². The maximum Gasteiger partial charge on any atom is 0.419 e. The molecule has 1 saturated carbocycles. The minimum atomic E-state index is -5.00. The lowest BCUT2D eigenvalue weighted by molar-refractivity contribution is -0.149. The predicted molar refractivity (Wildman–Crippen MR) is 330 cm³/mol. The molecule has 0 spiro atoms.